The fourth-order valence-electron chi connectivity index (χ4n) is 3.58. The zero-order valence-corrected chi connectivity index (χ0v) is 14.4. The maximum absolute atomic E-state index is 12.6. The average Bonchev–Trinajstić information content (AvgIpc) is 3.06. The maximum atomic E-state index is 12.6. The lowest BCUT2D eigenvalue weighted by Crippen LogP contribution is -2.29. The summed E-state index contributed by atoms with van der Waals surface area (Å²) in [5.74, 6) is 0.595. The van der Waals surface area contributed by atoms with Crippen LogP contribution in [0, 0.1) is 11.8 Å². The molecular formula is C20H23NO4. The third-order valence-corrected chi connectivity index (χ3v) is 5.05. The van der Waals surface area contributed by atoms with Crippen molar-refractivity contribution in [1.29, 1.82) is 0 Å². The highest BCUT2D eigenvalue weighted by Crippen LogP contribution is 2.33. The van der Waals surface area contributed by atoms with Crippen LogP contribution in [0.1, 0.15) is 24.8 Å². The lowest BCUT2D eigenvalue weighted by molar-refractivity contribution is -0.136. The molecule has 1 amide bonds. The third kappa shape index (κ3) is 4.10. The lowest BCUT2D eigenvalue weighted by Gasteiger charge is -2.17. The van der Waals surface area contributed by atoms with Crippen molar-refractivity contribution in [1.82, 2.24) is 4.90 Å². The highest BCUT2D eigenvalue weighted by Gasteiger charge is 2.35. The molecule has 3 rings (SSSR count). The molecule has 1 heterocycles. The standard InChI is InChI=1S/C20H23NO4/c1-25-18-8-6-14(7-9-18)10-17(20(23)24)11-19(22)21-12-15-4-2-3-5-16(15)13-21/h2-3,6-10,15-16H,4-5,11-13H2,1H3,(H,23,24)/b17-10+/t15-,16+. The van der Waals surface area contributed by atoms with Crippen LogP contribution in [0.3, 0.4) is 0 Å². The Kier molecular flexibility index (Phi) is 5.22. The smallest absolute Gasteiger partial charge is 0.332 e. The van der Waals surface area contributed by atoms with E-state index in [4.69, 9.17) is 4.74 Å². The van der Waals surface area contributed by atoms with E-state index in [-0.39, 0.29) is 17.9 Å². The van der Waals surface area contributed by atoms with Crippen LogP contribution in [-0.2, 0) is 9.59 Å². The molecule has 25 heavy (non-hydrogen) atoms. The first-order chi connectivity index (χ1) is 12.1. The van der Waals surface area contributed by atoms with Gasteiger partial charge in [0.15, 0.2) is 0 Å². The Morgan fingerprint density at radius 2 is 1.76 bits per heavy atom. The molecule has 1 aliphatic heterocycles. The van der Waals surface area contributed by atoms with E-state index in [1.807, 2.05) is 4.90 Å². The number of hydrogen-bond donors (Lipinski definition) is 1. The minimum absolute atomic E-state index is 0.0752. The summed E-state index contributed by atoms with van der Waals surface area (Å²) in [4.78, 5) is 26.0. The van der Waals surface area contributed by atoms with Gasteiger partial charge in [-0.05, 0) is 48.4 Å². The summed E-state index contributed by atoms with van der Waals surface area (Å²) in [6.07, 6.45) is 7.88. The molecular weight excluding hydrogens is 318 g/mol. The molecule has 1 fully saturated rings. The lowest BCUT2D eigenvalue weighted by atomic mass is 9.86. The molecule has 2 aliphatic rings. The largest absolute Gasteiger partial charge is 0.497 e. The second-order valence-corrected chi connectivity index (χ2v) is 6.69. The number of ether oxygens (including phenoxy) is 1. The molecule has 0 spiro atoms. The molecule has 1 aliphatic carbocycles. The number of carboxylic acid groups (broad SMARTS) is 1. The zero-order chi connectivity index (χ0) is 17.8. The van der Waals surface area contributed by atoms with E-state index < -0.39 is 5.97 Å². The van der Waals surface area contributed by atoms with Crippen molar-refractivity contribution in [3.63, 3.8) is 0 Å². The van der Waals surface area contributed by atoms with Gasteiger partial charge in [-0.25, -0.2) is 4.79 Å². The van der Waals surface area contributed by atoms with Gasteiger partial charge in [-0.15, -0.1) is 0 Å². The Morgan fingerprint density at radius 3 is 2.28 bits per heavy atom. The summed E-state index contributed by atoms with van der Waals surface area (Å²) < 4.78 is 5.10. The molecule has 1 aromatic rings. The van der Waals surface area contributed by atoms with E-state index in [9.17, 15) is 14.7 Å². The Balaban J connectivity index is 1.68. The van der Waals surface area contributed by atoms with Gasteiger partial charge in [-0.3, -0.25) is 4.79 Å². The Bertz CT molecular complexity index is 689. The summed E-state index contributed by atoms with van der Waals surface area (Å²) in [7, 11) is 1.58. The van der Waals surface area contributed by atoms with Crippen LogP contribution in [-0.4, -0.2) is 42.1 Å². The highest BCUT2D eigenvalue weighted by molar-refractivity contribution is 5.98. The van der Waals surface area contributed by atoms with Crippen LogP contribution in [0.5, 0.6) is 5.75 Å². The normalized spacial score (nSPS) is 22.6. The second-order valence-electron chi connectivity index (χ2n) is 6.69. The van der Waals surface area contributed by atoms with Crippen LogP contribution in [0.4, 0.5) is 0 Å². The summed E-state index contributed by atoms with van der Waals surface area (Å²) in [5, 5.41) is 9.46. The van der Waals surface area contributed by atoms with Crippen molar-refractivity contribution in [3.05, 3.63) is 47.6 Å². The third-order valence-electron chi connectivity index (χ3n) is 5.05. The fraction of sp³-hybridized carbons (Fsp3) is 0.400. The number of benzene rings is 1. The van der Waals surface area contributed by atoms with Crippen molar-refractivity contribution >= 4 is 18.0 Å². The van der Waals surface area contributed by atoms with Gasteiger partial charge in [0.2, 0.25) is 5.91 Å². The molecule has 2 atom stereocenters. The van der Waals surface area contributed by atoms with Crippen LogP contribution in [0.25, 0.3) is 6.08 Å². The van der Waals surface area contributed by atoms with Gasteiger partial charge in [0, 0.05) is 18.7 Å². The number of amides is 1. The Hall–Kier alpha value is -2.56. The molecule has 0 radical (unpaired) electrons. The Labute approximate surface area is 147 Å². The van der Waals surface area contributed by atoms with Crippen molar-refractivity contribution in [2.24, 2.45) is 11.8 Å². The highest BCUT2D eigenvalue weighted by atomic mass is 16.5. The number of rotatable bonds is 5. The summed E-state index contributed by atoms with van der Waals surface area (Å²) in [6.45, 7) is 1.48. The topological polar surface area (TPSA) is 66.8 Å². The molecule has 1 N–H and O–H groups in total. The molecule has 5 nitrogen and oxygen atoms in total. The van der Waals surface area contributed by atoms with Gasteiger partial charge in [0.1, 0.15) is 5.75 Å². The van der Waals surface area contributed by atoms with E-state index in [0.29, 0.717) is 17.6 Å². The monoisotopic (exact) mass is 341 g/mol. The molecule has 1 aromatic carbocycles. The van der Waals surface area contributed by atoms with Crippen LogP contribution < -0.4 is 4.74 Å². The molecule has 0 saturated carbocycles. The summed E-state index contributed by atoms with van der Waals surface area (Å²) in [6, 6.07) is 7.10. The predicted octanol–water partition coefficient (Wildman–Crippen LogP) is 2.98. The first-order valence-electron chi connectivity index (χ1n) is 8.57. The van der Waals surface area contributed by atoms with Crippen LogP contribution in [0.15, 0.2) is 42.0 Å². The molecule has 0 unspecified atom stereocenters. The molecule has 0 aromatic heterocycles. The van der Waals surface area contributed by atoms with Crippen molar-refractivity contribution in [3.8, 4) is 5.75 Å². The quantitative estimate of drug-likeness (QED) is 0.660. The molecule has 0 bridgehead atoms. The number of aliphatic carboxylic acids is 1. The van der Waals surface area contributed by atoms with E-state index >= 15 is 0 Å². The molecule has 1 saturated heterocycles. The van der Waals surface area contributed by atoms with Crippen LogP contribution in [0.2, 0.25) is 0 Å². The molecule has 5 heteroatoms. The number of carbonyl (C=O) groups is 2. The first-order valence-corrected chi connectivity index (χ1v) is 8.57. The van der Waals surface area contributed by atoms with Gasteiger partial charge in [-0.1, -0.05) is 24.3 Å². The number of allylic oxidation sites excluding steroid dienone is 2. The zero-order valence-electron chi connectivity index (χ0n) is 14.4. The summed E-state index contributed by atoms with van der Waals surface area (Å²) in [5.41, 5.74) is 0.855. The van der Waals surface area contributed by atoms with Crippen molar-refractivity contribution in [2.45, 2.75) is 19.3 Å². The first kappa shape index (κ1) is 17.3. The second kappa shape index (κ2) is 7.55. The predicted molar refractivity (Wildman–Crippen MR) is 95.2 cm³/mol. The minimum atomic E-state index is -1.05. The number of hydrogen-bond acceptors (Lipinski definition) is 3. The number of carbonyl (C=O) groups excluding carboxylic acids is 1. The van der Waals surface area contributed by atoms with Gasteiger partial charge in [0.05, 0.1) is 13.5 Å². The van der Waals surface area contributed by atoms with Gasteiger partial charge < -0.3 is 14.7 Å². The van der Waals surface area contributed by atoms with E-state index in [0.717, 1.165) is 31.5 Å². The fourth-order valence-corrected chi connectivity index (χ4v) is 3.58. The summed E-state index contributed by atoms with van der Waals surface area (Å²) >= 11 is 0. The van der Waals surface area contributed by atoms with E-state index in [2.05, 4.69) is 12.2 Å². The number of nitrogens with zero attached hydrogens (tertiary/aromatic N) is 1. The SMILES string of the molecule is COc1ccc(/C=C(\CC(=O)N2C[C@H]3CC=CC[C@H]3C2)C(=O)O)cc1. The van der Waals surface area contributed by atoms with Crippen molar-refractivity contribution in [2.75, 3.05) is 20.2 Å². The number of carboxylic acids is 1. The van der Waals surface area contributed by atoms with Crippen LogP contribution >= 0.6 is 0 Å². The van der Waals surface area contributed by atoms with E-state index in [1.165, 1.54) is 0 Å². The van der Waals surface area contributed by atoms with Gasteiger partial charge in [0.25, 0.3) is 0 Å². The number of likely N-dealkylation sites (tertiary alicyclic amines) is 1. The average molecular weight is 341 g/mol. The number of methoxy groups -OCH3 is 1. The van der Waals surface area contributed by atoms with Crippen molar-refractivity contribution < 1.29 is 19.4 Å². The minimum Gasteiger partial charge on any atom is -0.497 e. The number of fused-ring (bicyclic) bond motifs is 1. The molecule has 132 valence electrons. The van der Waals surface area contributed by atoms with E-state index in [1.54, 1.807) is 37.5 Å². The van der Waals surface area contributed by atoms with Gasteiger partial charge >= 0.3 is 5.97 Å². The van der Waals surface area contributed by atoms with Gasteiger partial charge in [-0.2, -0.15) is 0 Å². The maximum Gasteiger partial charge on any atom is 0.332 e. The Morgan fingerprint density at radius 1 is 1.16 bits per heavy atom.